The third-order valence-corrected chi connectivity index (χ3v) is 11.5. The summed E-state index contributed by atoms with van der Waals surface area (Å²) >= 11 is 0. The summed E-state index contributed by atoms with van der Waals surface area (Å²) in [7, 11) is 2.58. The molecule has 17 heteroatoms. The van der Waals surface area contributed by atoms with Crippen LogP contribution < -0.4 is 16.0 Å². The van der Waals surface area contributed by atoms with Crippen LogP contribution in [0.4, 0.5) is 21.1 Å². The molecule has 0 aliphatic carbocycles. The predicted molar refractivity (Wildman–Crippen MR) is 223 cm³/mol. The highest BCUT2D eigenvalue weighted by molar-refractivity contribution is 5.99. The smallest absolute Gasteiger partial charge is 0.407 e. The van der Waals surface area contributed by atoms with E-state index in [2.05, 4.69) is 60.2 Å². The zero-order valence-electron chi connectivity index (χ0n) is 34.1. The molecule has 6 aromatic rings. The van der Waals surface area contributed by atoms with E-state index in [1.54, 1.807) is 11.1 Å². The second-order valence-electron chi connectivity index (χ2n) is 16.1. The van der Waals surface area contributed by atoms with Crippen LogP contribution in [0, 0.1) is 11.8 Å². The number of carbonyl (C=O) groups excluding carboxylic acids is 4. The van der Waals surface area contributed by atoms with Crippen molar-refractivity contribution < 1.29 is 28.7 Å². The van der Waals surface area contributed by atoms with Crippen LogP contribution in [0.25, 0.3) is 44.2 Å². The zero-order chi connectivity index (χ0) is 41.5. The first kappa shape index (κ1) is 39.3. The Labute approximate surface area is 340 Å². The summed E-state index contributed by atoms with van der Waals surface area (Å²) in [5.74, 6) is 1.73. The van der Waals surface area contributed by atoms with Gasteiger partial charge in [-0.3, -0.25) is 9.59 Å². The van der Waals surface area contributed by atoms with Gasteiger partial charge in [-0.25, -0.2) is 19.6 Å². The van der Waals surface area contributed by atoms with Crippen LogP contribution in [-0.2, 0) is 19.1 Å². The summed E-state index contributed by atoms with van der Waals surface area (Å²) in [6.07, 6.45) is 3.75. The summed E-state index contributed by atoms with van der Waals surface area (Å²) < 4.78 is 9.54. The van der Waals surface area contributed by atoms with Crippen LogP contribution in [0.2, 0.25) is 0 Å². The van der Waals surface area contributed by atoms with Gasteiger partial charge in [0.2, 0.25) is 11.8 Å². The van der Waals surface area contributed by atoms with Gasteiger partial charge in [-0.2, -0.15) is 0 Å². The second-order valence-corrected chi connectivity index (χ2v) is 16.1. The average Bonchev–Trinajstić information content (AvgIpc) is 4.07. The number of fused-ring (bicyclic) bond motifs is 3. The van der Waals surface area contributed by atoms with Gasteiger partial charge < -0.3 is 55.2 Å². The molecule has 0 radical (unpaired) electrons. The Morgan fingerprint density at radius 2 is 1.31 bits per heavy atom. The summed E-state index contributed by atoms with van der Waals surface area (Å²) in [5, 5.41) is 11.0. The van der Waals surface area contributed by atoms with Gasteiger partial charge in [-0.1, -0.05) is 27.7 Å². The number of nitrogens with zero attached hydrogens (tertiary/aromatic N) is 4. The van der Waals surface area contributed by atoms with Gasteiger partial charge in [0.1, 0.15) is 29.6 Å². The minimum Gasteiger partial charge on any atom is -0.453 e. The number of likely N-dealkylation sites (tertiary alicyclic amines) is 2. The van der Waals surface area contributed by atoms with Crippen LogP contribution in [0.1, 0.15) is 77.1 Å². The van der Waals surface area contributed by atoms with Crippen molar-refractivity contribution in [1.82, 2.24) is 50.3 Å². The molecule has 17 nitrogen and oxygen atoms in total. The van der Waals surface area contributed by atoms with Crippen LogP contribution in [0.3, 0.4) is 0 Å². The average molecular weight is 806 g/mol. The number of carbonyl (C=O) groups is 4. The highest BCUT2D eigenvalue weighted by Crippen LogP contribution is 2.36. The summed E-state index contributed by atoms with van der Waals surface area (Å²) in [5.41, 5.74) is 6.11. The lowest BCUT2D eigenvalue weighted by Crippen LogP contribution is -2.51. The molecule has 6 heterocycles. The fraction of sp³-hybridized carbons (Fsp3) is 0.429. The largest absolute Gasteiger partial charge is 0.453 e. The van der Waals surface area contributed by atoms with E-state index in [4.69, 9.17) is 19.4 Å². The Bertz CT molecular complexity index is 2480. The SMILES string of the molecule is COC(=O)NC(C(=O)N1CCCC1c1ncc(-c2cc3cc4cc(Nc5ccc6nc(C7CCCN7C(=O)C(NC(=O)OC)C(C)C)[nH]c6c5)[nH]c4cc3[nH]2)[nH]1)C(C)C. The van der Waals surface area contributed by atoms with E-state index in [1.807, 2.05) is 50.8 Å². The molecule has 2 saturated heterocycles. The third kappa shape index (κ3) is 7.76. The molecule has 2 aliphatic rings. The molecule has 2 aromatic carbocycles. The van der Waals surface area contributed by atoms with Gasteiger partial charge in [-0.05, 0) is 80.0 Å². The van der Waals surface area contributed by atoms with Crippen molar-refractivity contribution in [2.24, 2.45) is 11.8 Å². The number of nitrogens with one attached hydrogen (secondary N) is 7. The molecule has 59 heavy (non-hydrogen) atoms. The summed E-state index contributed by atoms with van der Waals surface area (Å²) in [6, 6.07) is 12.4. The highest BCUT2D eigenvalue weighted by Gasteiger charge is 2.39. The molecular formula is C42H51N11O6. The quantitative estimate of drug-likeness (QED) is 0.0736. The Morgan fingerprint density at radius 1 is 0.695 bits per heavy atom. The van der Waals surface area contributed by atoms with Crippen molar-refractivity contribution >= 4 is 68.3 Å². The number of aromatic nitrogens is 6. The van der Waals surface area contributed by atoms with Crippen LogP contribution in [-0.4, -0.2) is 103 Å². The number of hydrogen-bond acceptors (Lipinski definition) is 9. The van der Waals surface area contributed by atoms with E-state index < -0.39 is 24.3 Å². The van der Waals surface area contributed by atoms with Gasteiger partial charge in [0, 0.05) is 40.6 Å². The van der Waals surface area contributed by atoms with Crippen molar-refractivity contribution in [3.8, 4) is 11.4 Å². The van der Waals surface area contributed by atoms with E-state index in [9.17, 15) is 19.2 Å². The van der Waals surface area contributed by atoms with E-state index in [0.717, 1.165) is 87.2 Å². The number of anilines is 2. The number of methoxy groups -OCH3 is 2. The lowest BCUT2D eigenvalue weighted by Gasteiger charge is -2.30. The van der Waals surface area contributed by atoms with Crippen molar-refractivity contribution in [2.45, 2.75) is 77.5 Å². The Balaban J connectivity index is 0.959. The third-order valence-electron chi connectivity index (χ3n) is 11.5. The molecule has 4 aromatic heterocycles. The number of hydrogen-bond donors (Lipinski definition) is 7. The molecule has 4 unspecified atom stereocenters. The van der Waals surface area contributed by atoms with E-state index in [0.29, 0.717) is 18.9 Å². The summed E-state index contributed by atoms with van der Waals surface area (Å²) in [6.45, 7) is 8.77. The fourth-order valence-electron chi connectivity index (χ4n) is 8.42. The molecule has 0 bridgehead atoms. The molecule has 2 fully saturated rings. The highest BCUT2D eigenvalue weighted by atomic mass is 16.5. The molecular weight excluding hydrogens is 755 g/mol. The first-order valence-electron chi connectivity index (χ1n) is 20.2. The number of benzene rings is 2. The Hall–Kier alpha value is -6.52. The Kier molecular flexibility index (Phi) is 10.7. The molecule has 8 rings (SSSR count). The maximum Gasteiger partial charge on any atom is 0.407 e. The van der Waals surface area contributed by atoms with Gasteiger partial charge in [0.25, 0.3) is 0 Å². The number of aromatic amines is 4. The number of imidazole rings is 2. The molecule has 0 spiro atoms. The van der Waals surface area contributed by atoms with Crippen molar-refractivity contribution in [3.05, 3.63) is 60.3 Å². The Morgan fingerprint density at radius 3 is 1.93 bits per heavy atom. The van der Waals surface area contributed by atoms with E-state index in [1.165, 1.54) is 14.2 Å². The number of rotatable bonds is 11. The topological polar surface area (TPSA) is 218 Å². The van der Waals surface area contributed by atoms with Crippen LogP contribution in [0.5, 0.6) is 0 Å². The second kappa shape index (κ2) is 16.0. The van der Waals surface area contributed by atoms with Gasteiger partial charge in [0.15, 0.2) is 0 Å². The maximum atomic E-state index is 13.6. The standard InChI is InChI=1S/C42H51N11O6/c1-21(2)35(50-41(56)58-5)39(54)52-13-7-9-32(52)37-43-20-31(49-37)29-16-23-15-24-17-34(46-28(24)19-27(23)45-29)44-25-11-12-26-30(18-25)48-38(47-26)33-10-8-14-53(33)40(55)36(22(3)4)51-42(57)59-6/h11-12,15-22,32-33,35-36,44-46H,7-10,13-14H2,1-6H3,(H,43,49)(H,47,48)(H,50,56)(H,51,57). The molecule has 7 N–H and O–H groups in total. The number of alkyl carbamates (subject to hydrolysis) is 2. The minimum atomic E-state index is -0.698. The number of H-pyrrole nitrogens is 4. The van der Waals surface area contributed by atoms with Gasteiger partial charge >= 0.3 is 12.2 Å². The summed E-state index contributed by atoms with van der Waals surface area (Å²) in [4.78, 5) is 78.3. The maximum absolute atomic E-state index is 13.6. The number of ether oxygens (including phenoxy) is 2. The normalized spacial score (nSPS) is 18.0. The molecule has 4 amide bonds. The minimum absolute atomic E-state index is 0.113. The lowest BCUT2D eigenvalue weighted by molar-refractivity contribution is -0.136. The van der Waals surface area contributed by atoms with Crippen molar-refractivity contribution in [2.75, 3.05) is 32.6 Å². The van der Waals surface area contributed by atoms with Crippen molar-refractivity contribution in [3.63, 3.8) is 0 Å². The van der Waals surface area contributed by atoms with E-state index >= 15 is 0 Å². The van der Waals surface area contributed by atoms with E-state index in [-0.39, 0.29) is 35.7 Å². The molecule has 2 aliphatic heterocycles. The monoisotopic (exact) mass is 805 g/mol. The van der Waals surface area contributed by atoms with Crippen molar-refractivity contribution in [1.29, 1.82) is 0 Å². The first-order valence-corrected chi connectivity index (χ1v) is 20.2. The van der Waals surface area contributed by atoms with Crippen LogP contribution in [0.15, 0.2) is 48.7 Å². The first-order chi connectivity index (χ1) is 28.4. The van der Waals surface area contributed by atoms with Gasteiger partial charge in [-0.15, -0.1) is 0 Å². The number of amides is 4. The molecule has 310 valence electrons. The molecule has 4 atom stereocenters. The predicted octanol–water partition coefficient (Wildman–Crippen LogP) is 6.75. The van der Waals surface area contributed by atoms with Crippen LogP contribution >= 0.6 is 0 Å². The lowest BCUT2D eigenvalue weighted by atomic mass is 10.0. The molecule has 0 saturated carbocycles. The zero-order valence-corrected chi connectivity index (χ0v) is 34.1. The van der Waals surface area contributed by atoms with Gasteiger partial charge in [0.05, 0.1) is 54.9 Å². The fourth-order valence-corrected chi connectivity index (χ4v) is 8.42.